The summed E-state index contributed by atoms with van der Waals surface area (Å²) in [5.74, 6) is 0. The van der Waals surface area contributed by atoms with Gasteiger partial charge in [0.05, 0.1) is 5.69 Å². The molecular formula is C11H15N. The Bertz CT molecular complexity index is 307. The number of rotatable bonds is 1. The molecule has 0 fully saturated rings. The van der Waals surface area contributed by atoms with E-state index in [0.717, 1.165) is 11.4 Å². The third-order valence-corrected chi connectivity index (χ3v) is 1.71. The first-order chi connectivity index (χ1) is 5.59. The second-order valence-corrected chi connectivity index (χ2v) is 3.35. The molecule has 0 unspecified atom stereocenters. The van der Waals surface area contributed by atoms with Crippen LogP contribution in [-0.4, -0.2) is 5.71 Å². The number of aliphatic imine (C=N–C) groups is 1. The lowest BCUT2D eigenvalue weighted by molar-refractivity contribution is 1.34. The molecule has 0 aliphatic rings. The average molecular weight is 161 g/mol. The lowest BCUT2D eigenvalue weighted by Gasteiger charge is -2.01. The molecule has 1 nitrogen and oxygen atoms in total. The van der Waals surface area contributed by atoms with Gasteiger partial charge < -0.3 is 0 Å². The van der Waals surface area contributed by atoms with Crippen LogP contribution in [0.25, 0.3) is 0 Å². The van der Waals surface area contributed by atoms with Gasteiger partial charge in [-0.2, -0.15) is 0 Å². The Hall–Kier alpha value is -1.11. The molecule has 0 bridgehead atoms. The molecule has 0 atom stereocenters. The van der Waals surface area contributed by atoms with E-state index in [9.17, 15) is 0 Å². The second-order valence-electron chi connectivity index (χ2n) is 3.35. The minimum atomic E-state index is 1.09. The van der Waals surface area contributed by atoms with Crippen LogP contribution in [0.4, 0.5) is 5.69 Å². The van der Waals surface area contributed by atoms with Gasteiger partial charge in [-0.25, -0.2) is 0 Å². The summed E-state index contributed by atoms with van der Waals surface area (Å²) in [6.45, 7) is 8.20. The van der Waals surface area contributed by atoms with Gasteiger partial charge >= 0.3 is 0 Å². The third-order valence-electron chi connectivity index (χ3n) is 1.71. The Kier molecular flexibility index (Phi) is 2.64. The molecule has 12 heavy (non-hydrogen) atoms. The smallest absolute Gasteiger partial charge is 0.0660 e. The van der Waals surface area contributed by atoms with Crippen molar-refractivity contribution in [1.82, 2.24) is 0 Å². The second kappa shape index (κ2) is 3.53. The lowest BCUT2D eigenvalue weighted by atomic mass is 10.1. The monoisotopic (exact) mass is 161 g/mol. The Labute approximate surface area is 74.2 Å². The number of nitrogens with zero attached hydrogens (tertiary/aromatic N) is 1. The van der Waals surface area contributed by atoms with Crippen molar-refractivity contribution in [3.05, 3.63) is 29.3 Å². The number of hydrogen-bond acceptors (Lipinski definition) is 1. The van der Waals surface area contributed by atoms with Crippen LogP contribution in [0.5, 0.6) is 0 Å². The first kappa shape index (κ1) is 8.98. The van der Waals surface area contributed by atoms with Crippen molar-refractivity contribution >= 4 is 11.4 Å². The van der Waals surface area contributed by atoms with Gasteiger partial charge in [-0.3, -0.25) is 4.99 Å². The maximum atomic E-state index is 4.44. The SMILES string of the molecule is CC(C)=Nc1cc(C)ccc1C. The predicted octanol–water partition coefficient (Wildman–Crippen LogP) is 3.42. The average Bonchev–Trinajstić information content (AvgIpc) is 1.96. The van der Waals surface area contributed by atoms with Gasteiger partial charge in [-0.15, -0.1) is 0 Å². The van der Waals surface area contributed by atoms with E-state index in [1.54, 1.807) is 0 Å². The van der Waals surface area contributed by atoms with Crippen molar-refractivity contribution in [2.75, 3.05) is 0 Å². The fourth-order valence-electron chi connectivity index (χ4n) is 1.08. The summed E-state index contributed by atoms with van der Waals surface area (Å²) >= 11 is 0. The molecule has 64 valence electrons. The molecule has 1 aromatic rings. The van der Waals surface area contributed by atoms with Gasteiger partial charge in [0, 0.05) is 5.71 Å². The van der Waals surface area contributed by atoms with Crippen molar-refractivity contribution in [3.8, 4) is 0 Å². The zero-order valence-electron chi connectivity index (χ0n) is 8.18. The Morgan fingerprint density at radius 3 is 2.42 bits per heavy atom. The first-order valence-corrected chi connectivity index (χ1v) is 4.19. The molecule has 0 saturated heterocycles. The fraction of sp³-hybridized carbons (Fsp3) is 0.364. The zero-order valence-corrected chi connectivity index (χ0v) is 8.18. The highest BCUT2D eigenvalue weighted by molar-refractivity contribution is 5.82. The normalized spacial score (nSPS) is 9.67. The Morgan fingerprint density at radius 2 is 1.83 bits per heavy atom. The number of benzene rings is 1. The van der Waals surface area contributed by atoms with E-state index in [1.165, 1.54) is 11.1 Å². The zero-order chi connectivity index (χ0) is 9.14. The molecule has 0 aromatic heterocycles. The fourth-order valence-corrected chi connectivity index (χ4v) is 1.08. The molecule has 0 amide bonds. The van der Waals surface area contributed by atoms with E-state index < -0.39 is 0 Å². The van der Waals surface area contributed by atoms with E-state index in [4.69, 9.17) is 0 Å². The summed E-state index contributed by atoms with van der Waals surface area (Å²) in [5.41, 5.74) is 4.70. The molecule has 0 aliphatic heterocycles. The highest BCUT2D eigenvalue weighted by Gasteiger charge is 1.95. The summed E-state index contributed by atoms with van der Waals surface area (Å²) in [7, 11) is 0. The molecule has 0 aliphatic carbocycles. The molecule has 1 aromatic carbocycles. The van der Waals surface area contributed by atoms with E-state index in [1.807, 2.05) is 13.8 Å². The van der Waals surface area contributed by atoms with Crippen LogP contribution in [0.3, 0.4) is 0 Å². The molecule has 0 heterocycles. The minimum Gasteiger partial charge on any atom is -0.258 e. The molecule has 1 rings (SSSR count). The van der Waals surface area contributed by atoms with E-state index in [-0.39, 0.29) is 0 Å². The van der Waals surface area contributed by atoms with Gasteiger partial charge in [0.15, 0.2) is 0 Å². The molecule has 0 saturated carbocycles. The van der Waals surface area contributed by atoms with E-state index in [2.05, 4.69) is 37.0 Å². The largest absolute Gasteiger partial charge is 0.258 e. The Morgan fingerprint density at radius 1 is 1.17 bits per heavy atom. The van der Waals surface area contributed by atoms with Crippen molar-refractivity contribution in [1.29, 1.82) is 0 Å². The molecule has 0 radical (unpaired) electrons. The Balaban J connectivity index is 3.14. The summed E-state index contributed by atoms with van der Waals surface area (Å²) in [6, 6.07) is 6.33. The van der Waals surface area contributed by atoms with Gasteiger partial charge in [0.1, 0.15) is 0 Å². The highest BCUT2D eigenvalue weighted by atomic mass is 14.7. The molecule has 0 N–H and O–H groups in total. The predicted molar refractivity (Wildman–Crippen MR) is 54.4 cm³/mol. The van der Waals surface area contributed by atoms with Crippen LogP contribution in [-0.2, 0) is 0 Å². The highest BCUT2D eigenvalue weighted by Crippen LogP contribution is 2.19. The van der Waals surface area contributed by atoms with Crippen LogP contribution in [0.15, 0.2) is 23.2 Å². The lowest BCUT2D eigenvalue weighted by Crippen LogP contribution is -1.82. The topological polar surface area (TPSA) is 12.4 Å². The summed E-state index contributed by atoms with van der Waals surface area (Å²) in [5, 5.41) is 0. The molecule has 0 spiro atoms. The van der Waals surface area contributed by atoms with Crippen molar-refractivity contribution in [2.24, 2.45) is 4.99 Å². The van der Waals surface area contributed by atoms with Crippen LogP contribution in [0.1, 0.15) is 25.0 Å². The van der Waals surface area contributed by atoms with Crippen LogP contribution in [0.2, 0.25) is 0 Å². The van der Waals surface area contributed by atoms with Gasteiger partial charge in [0.25, 0.3) is 0 Å². The summed E-state index contributed by atoms with van der Waals surface area (Å²) in [6.07, 6.45) is 0. The van der Waals surface area contributed by atoms with Crippen LogP contribution < -0.4 is 0 Å². The standard InChI is InChI=1S/C11H15N/c1-8(2)12-11-7-9(3)5-6-10(11)4/h5-7H,1-4H3. The third kappa shape index (κ3) is 2.19. The van der Waals surface area contributed by atoms with Crippen LogP contribution in [0, 0.1) is 13.8 Å². The maximum Gasteiger partial charge on any atom is 0.0660 e. The quantitative estimate of drug-likeness (QED) is 0.560. The summed E-state index contributed by atoms with van der Waals surface area (Å²) in [4.78, 5) is 4.44. The van der Waals surface area contributed by atoms with Gasteiger partial charge in [-0.1, -0.05) is 12.1 Å². The van der Waals surface area contributed by atoms with Crippen molar-refractivity contribution in [3.63, 3.8) is 0 Å². The first-order valence-electron chi connectivity index (χ1n) is 4.19. The summed E-state index contributed by atoms with van der Waals surface area (Å²) < 4.78 is 0. The number of hydrogen-bond donors (Lipinski definition) is 0. The minimum absolute atomic E-state index is 1.09. The van der Waals surface area contributed by atoms with Crippen LogP contribution >= 0.6 is 0 Å². The number of aryl methyl sites for hydroxylation is 2. The maximum absolute atomic E-state index is 4.44. The van der Waals surface area contributed by atoms with Gasteiger partial charge in [0.2, 0.25) is 0 Å². The molecular weight excluding hydrogens is 146 g/mol. The van der Waals surface area contributed by atoms with Gasteiger partial charge in [-0.05, 0) is 44.9 Å². The molecule has 1 heteroatoms. The van der Waals surface area contributed by atoms with E-state index >= 15 is 0 Å². The van der Waals surface area contributed by atoms with E-state index in [0.29, 0.717) is 0 Å². The van der Waals surface area contributed by atoms with Crippen molar-refractivity contribution in [2.45, 2.75) is 27.7 Å². The van der Waals surface area contributed by atoms with Crippen molar-refractivity contribution < 1.29 is 0 Å².